The Bertz CT molecular complexity index is 474. The normalized spacial score (nSPS) is 12.3. The summed E-state index contributed by atoms with van der Waals surface area (Å²) < 4.78 is 53.6. The quantitative estimate of drug-likeness (QED) is 0.618. The summed E-state index contributed by atoms with van der Waals surface area (Å²) >= 11 is 0. The van der Waals surface area contributed by atoms with Crippen molar-refractivity contribution in [3.63, 3.8) is 0 Å². The highest BCUT2D eigenvalue weighted by atomic mass is 19.4. The Morgan fingerprint density at radius 1 is 1.21 bits per heavy atom. The molecule has 2 rings (SSSR count). The first-order valence-corrected chi connectivity index (χ1v) is 3.61. The molecule has 0 N–H and O–H groups in total. The van der Waals surface area contributed by atoms with Crippen LogP contribution in [-0.2, 0) is 6.18 Å². The lowest BCUT2D eigenvalue weighted by Gasteiger charge is -2.04. The monoisotopic (exact) mass is 205 g/mol. The first kappa shape index (κ1) is 8.98. The smallest absolute Gasteiger partial charge is 0.414 e. The Kier molecular flexibility index (Phi) is 1.73. The molecule has 0 saturated heterocycles. The number of oxazole rings is 1. The van der Waals surface area contributed by atoms with Crippen LogP contribution in [0.4, 0.5) is 17.6 Å². The summed E-state index contributed by atoms with van der Waals surface area (Å²) in [5.74, 6) is 0. The molecule has 2 nitrogen and oxygen atoms in total. The predicted molar refractivity (Wildman–Crippen MR) is 39.0 cm³/mol. The molecule has 1 aromatic heterocycles. The van der Waals surface area contributed by atoms with E-state index < -0.39 is 23.5 Å². The highest BCUT2D eigenvalue weighted by Crippen LogP contribution is 2.34. The summed E-state index contributed by atoms with van der Waals surface area (Å²) in [5.41, 5.74) is -1.73. The summed E-state index contributed by atoms with van der Waals surface area (Å²) in [4.78, 5) is 3.15. The molecule has 14 heavy (non-hydrogen) atoms. The topological polar surface area (TPSA) is 26.0 Å². The van der Waals surface area contributed by atoms with Crippen molar-refractivity contribution in [1.82, 2.24) is 4.98 Å². The maximum absolute atomic E-state index is 12.4. The van der Waals surface area contributed by atoms with E-state index in [0.717, 1.165) is 12.1 Å². The number of fused-ring (bicyclic) bond motifs is 1. The van der Waals surface area contributed by atoms with Gasteiger partial charge in [-0.15, -0.1) is 4.39 Å². The lowest BCUT2D eigenvalue weighted by Crippen LogP contribution is -2.04. The van der Waals surface area contributed by atoms with Gasteiger partial charge in [0.25, 0.3) is 0 Å². The van der Waals surface area contributed by atoms with Gasteiger partial charge in [-0.2, -0.15) is 18.2 Å². The van der Waals surface area contributed by atoms with E-state index in [9.17, 15) is 17.6 Å². The Balaban J connectivity index is 2.77. The molecule has 0 aliphatic rings. The van der Waals surface area contributed by atoms with Crippen LogP contribution in [0.25, 0.3) is 11.1 Å². The van der Waals surface area contributed by atoms with Crippen molar-refractivity contribution in [3.8, 4) is 0 Å². The second-order valence-electron chi connectivity index (χ2n) is 2.62. The number of aromatic nitrogens is 1. The largest absolute Gasteiger partial charge is 0.420 e. The van der Waals surface area contributed by atoms with Crippen molar-refractivity contribution in [2.75, 3.05) is 0 Å². The lowest BCUT2D eigenvalue weighted by atomic mass is 10.2. The van der Waals surface area contributed by atoms with Crippen molar-refractivity contribution >= 4 is 11.1 Å². The van der Waals surface area contributed by atoms with Crippen LogP contribution in [-0.4, -0.2) is 4.98 Å². The van der Waals surface area contributed by atoms with Gasteiger partial charge < -0.3 is 4.42 Å². The zero-order valence-corrected chi connectivity index (χ0v) is 6.60. The fourth-order valence-corrected chi connectivity index (χ4v) is 1.15. The number of alkyl halides is 3. The second kappa shape index (κ2) is 2.70. The summed E-state index contributed by atoms with van der Waals surface area (Å²) in [6.45, 7) is 0. The van der Waals surface area contributed by atoms with Crippen molar-refractivity contribution in [1.29, 1.82) is 0 Å². The molecule has 0 aliphatic heterocycles. The van der Waals surface area contributed by atoms with Gasteiger partial charge in [-0.05, 0) is 12.1 Å². The number of hydrogen-bond donors (Lipinski definition) is 0. The number of nitrogens with zero attached hydrogens (tertiary/aromatic N) is 1. The summed E-state index contributed by atoms with van der Waals surface area (Å²) in [6.07, 6.45) is -5.83. The molecule has 74 valence electrons. The minimum absolute atomic E-state index is 0.141. The third-order valence-corrected chi connectivity index (χ3v) is 1.69. The van der Waals surface area contributed by atoms with Crippen LogP contribution in [0.1, 0.15) is 5.56 Å². The first-order chi connectivity index (χ1) is 6.48. The van der Waals surface area contributed by atoms with E-state index >= 15 is 0 Å². The van der Waals surface area contributed by atoms with E-state index in [1.54, 1.807) is 0 Å². The van der Waals surface area contributed by atoms with Gasteiger partial charge in [0, 0.05) is 0 Å². The summed E-state index contributed by atoms with van der Waals surface area (Å²) in [7, 11) is 0. The van der Waals surface area contributed by atoms with Crippen LogP contribution in [0.15, 0.2) is 22.6 Å². The lowest BCUT2D eigenvalue weighted by molar-refractivity contribution is -0.136. The Hall–Kier alpha value is -1.59. The number of hydrogen-bond acceptors (Lipinski definition) is 2. The van der Waals surface area contributed by atoms with E-state index in [2.05, 4.69) is 9.40 Å². The minimum Gasteiger partial charge on any atom is -0.414 e. The Labute approximate surface area is 75.2 Å². The predicted octanol–water partition coefficient (Wildman–Crippen LogP) is 2.99. The van der Waals surface area contributed by atoms with E-state index in [4.69, 9.17) is 0 Å². The van der Waals surface area contributed by atoms with Gasteiger partial charge in [0.15, 0.2) is 5.58 Å². The Morgan fingerprint density at radius 2 is 1.93 bits per heavy atom. The van der Waals surface area contributed by atoms with Crippen LogP contribution in [0, 0.1) is 6.14 Å². The molecule has 0 fully saturated rings. The zero-order valence-electron chi connectivity index (χ0n) is 6.60. The molecule has 6 heteroatoms. The van der Waals surface area contributed by atoms with Gasteiger partial charge in [0.2, 0.25) is 0 Å². The van der Waals surface area contributed by atoms with Crippen LogP contribution in [0.2, 0.25) is 0 Å². The van der Waals surface area contributed by atoms with Gasteiger partial charge in [-0.1, -0.05) is 6.07 Å². The average Bonchev–Trinajstić information content (AvgIpc) is 2.41. The molecule has 0 aliphatic carbocycles. The Morgan fingerprint density at radius 3 is 2.57 bits per heavy atom. The molecule has 0 spiro atoms. The fourth-order valence-electron chi connectivity index (χ4n) is 1.15. The van der Waals surface area contributed by atoms with E-state index in [-0.39, 0.29) is 5.52 Å². The van der Waals surface area contributed by atoms with Gasteiger partial charge in [0.05, 0.1) is 0 Å². The maximum atomic E-state index is 12.4. The number of rotatable bonds is 0. The van der Waals surface area contributed by atoms with Gasteiger partial charge in [0.1, 0.15) is 11.1 Å². The van der Waals surface area contributed by atoms with E-state index in [1.165, 1.54) is 6.07 Å². The van der Waals surface area contributed by atoms with E-state index in [1.807, 2.05) is 0 Å². The number of benzene rings is 1. The van der Waals surface area contributed by atoms with Crippen LogP contribution >= 0.6 is 0 Å². The highest BCUT2D eigenvalue weighted by Gasteiger charge is 2.34. The maximum Gasteiger partial charge on any atom is 0.420 e. The molecule has 0 radical (unpaired) electrons. The van der Waals surface area contributed by atoms with Crippen LogP contribution < -0.4 is 0 Å². The molecule has 0 atom stereocenters. The third kappa shape index (κ3) is 1.32. The third-order valence-electron chi connectivity index (χ3n) is 1.69. The van der Waals surface area contributed by atoms with Gasteiger partial charge in [-0.3, -0.25) is 0 Å². The summed E-state index contributed by atoms with van der Waals surface area (Å²) in [6, 6.07) is 3.21. The second-order valence-corrected chi connectivity index (χ2v) is 2.62. The molecule has 1 heterocycles. The van der Waals surface area contributed by atoms with Crippen molar-refractivity contribution in [2.24, 2.45) is 0 Å². The van der Waals surface area contributed by atoms with Crippen LogP contribution in [0.5, 0.6) is 0 Å². The first-order valence-electron chi connectivity index (χ1n) is 3.61. The van der Waals surface area contributed by atoms with Crippen LogP contribution in [0.3, 0.4) is 0 Å². The van der Waals surface area contributed by atoms with Crippen molar-refractivity contribution in [2.45, 2.75) is 6.18 Å². The SMILES string of the molecule is Fc1nc2cccc(C(F)(F)F)c2o1. The number of halogens is 4. The molecule has 0 amide bonds. The van der Waals surface area contributed by atoms with Gasteiger partial charge in [-0.25, -0.2) is 0 Å². The molecule has 1 aromatic carbocycles. The number of para-hydroxylation sites is 1. The van der Waals surface area contributed by atoms with Crippen molar-refractivity contribution in [3.05, 3.63) is 29.9 Å². The standard InChI is InChI=1S/C8H3F4NO/c9-7-13-5-3-1-2-4(6(5)14-7)8(10,11)12/h1-3H. The van der Waals surface area contributed by atoms with Gasteiger partial charge >= 0.3 is 12.3 Å². The van der Waals surface area contributed by atoms with Crippen molar-refractivity contribution < 1.29 is 22.0 Å². The molecular formula is C8H3F4NO. The molecule has 0 unspecified atom stereocenters. The zero-order chi connectivity index (χ0) is 10.3. The minimum atomic E-state index is -4.56. The molecular weight excluding hydrogens is 202 g/mol. The van der Waals surface area contributed by atoms with E-state index in [0.29, 0.717) is 0 Å². The fraction of sp³-hybridized carbons (Fsp3) is 0.125. The highest BCUT2D eigenvalue weighted by molar-refractivity contribution is 5.76. The summed E-state index contributed by atoms with van der Waals surface area (Å²) in [5, 5.41) is 0. The molecule has 0 saturated carbocycles. The average molecular weight is 205 g/mol. The molecule has 2 aromatic rings. The molecule has 0 bridgehead atoms.